The molecular formula is C17H23NO4. The Morgan fingerprint density at radius 3 is 2.91 bits per heavy atom. The Hall–Kier alpha value is -1.85. The smallest absolute Gasteiger partial charge is 0.337 e. The highest BCUT2D eigenvalue weighted by Crippen LogP contribution is 2.19. The van der Waals surface area contributed by atoms with Gasteiger partial charge in [0, 0.05) is 12.3 Å². The van der Waals surface area contributed by atoms with Gasteiger partial charge in [-0.1, -0.05) is 12.1 Å². The van der Waals surface area contributed by atoms with Crippen LogP contribution in [0.5, 0.6) is 0 Å². The molecule has 1 aromatic rings. The molecule has 1 aromatic carbocycles. The van der Waals surface area contributed by atoms with Gasteiger partial charge in [-0.2, -0.15) is 0 Å². The van der Waals surface area contributed by atoms with Gasteiger partial charge in [-0.15, -0.1) is 0 Å². The number of rotatable bonds is 5. The second-order valence-electron chi connectivity index (χ2n) is 5.43. The van der Waals surface area contributed by atoms with Crippen LogP contribution in [-0.2, 0) is 14.2 Å². The van der Waals surface area contributed by atoms with Crippen LogP contribution in [0.15, 0.2) is 23.8 Å². The number of hydrogen-bond acceptors (Lipinski definition) is 5. The van der Waals surface area contributed by atoms with Crippen LogP contribution in [0.25, 0.3) is 6.08 Å². The molecule has 0 amide bonds. The number of esters is 1. The van der Waals surface area contributed by atoms with Crippen LogP contribution in [0.4, 0.5) is 5.69 Å². The minimum absolute atomic E-state index is 0.101. The van der Waals surface area contributed by atoms with E-state index in [-0.39, 0.29) is 6.29 Å². The van der Waals surface area contributed by atoms with Gasteiger partial charge >= 0.3 is 5.97 Å². The van der Waals surface area contributed by atoms with Crippen molar-refractivity contribution in [1.29, 1.82) is 0 Å². The van der Waals surface area contributed by atoms with Crippen molar-refractivity contribution >= 4 is 17.7 Å². The van der Waals surface area contributed by atoms with E-state index in [9.17, 15) is 4.79 Å². The van der Waals surface area contributed by atoms with E-state index >= 15 is 0 Å². The zero-order chi connectivity index (χ0) is 15.9. The molecule has 1 unspecified atom stereocenters. The van der Waals surface area contributed by atoms with Gasteiger partial charge < -0.3 is 19.9 Å². The summed E-state index contributed by atoms with van der Waals surface area (Å²) in [5, 5.41) is 0. The number of nitrogens with two attached hydrogens (primary N) is 1. The topological polar surface area (TPSA) is 70.8 Å². The molecule has 0 bridgehead atoms. The Balaban J connectivity index is 1.96. The molecular weight excluding hydrogens is 282 g/mol. The van der Waals surface area contributed by atoms with Gasteiger partial charge in [0.05, 0.1) is 19.3 Å². The number of methoxy groups -OCH3 is 1. The first-order valence-corrected chi connectivity index (χ1v) is 7.48. The van der Waals surface area contributed by atoms with Crippen LogP contribution in [0.1, 0.15) is 42.1 Å². The van der Waals surface area contributed by atoms with Crippen molar-refractivity contribution in [3.05, 3.63) is 34.9 Å². The standard InChI is InChI=1S/C17H23NO4/c1-12(11-22-16-5-3-4-8-21-16)9-13-6-7-14(10-15(13)18)17(19)20-2/h6-7,9-10,16H,3-5,8,11,18H2,1-2H3/b12-9+. The van der Waals surface area contributed by atoms with E-state index < -0.39 is 5.97 Å². The van der Waals surface area contributed by atoms with E-state index in [1.54, 1.807) is 12.1 Å². The van der Waals surface area contributed by atoms with Crippen LogP contribution in [0, 0.1) is 0 Å². The number of carbonyl (C=O) groups is 1. The van der Waals surface area contributed by atoms with Gasteiger partial charge in [-0.3, -0.25) is 0 Å². The second kappa shape index (κ2) is 7.96. The average molecular weight is 305 g/mol. The maximum absolute atomic E-state index is 11.4. The van der Waals surface area contributed by atoms with Crippen molar-refractivity contribution in [3.63, 3.8) is 0 Å². The monoisotopic (exact) mass is 305 g/mol. The third-order valence-electron chi connectivity index (χ3n) is 3.54. The molecule has 1 atom stereocenters. The maximum atomic E-state index is 11.4. The fourth-order valence-electron chi connectivity index (χ4n) is 2.33. The zero-order valence-corrected chi connectivity index (χ0v) is 13.1. The van der Waals surface area contributed by atoms with E-state index in [1.807, 2.05) is 19.1 Å². The largest absolute Gasteiger partial charge is 0.465 e. The molecule has 2 N–H and O–H groups in total. The Bertz CT molecular complexity index is 548. The van der Waals surface area contributed by atoms with E-state index in [0.717, 1.165) is 37.0 Å². The second-order valence-corrected chi connectivity index (χ2v) is 5.43. The highest BCUT2D eigenvalue weighted by atomic mass is 16.7. The zero-order valence-electron chi connectivity index (χ0n) is 13.1. The number of benzene rings is 1. The van der Waals surface area contributed by atoms with Crippen LogP contribution in [-0.4, -0.2) is 32.6 Å². The third kappa shape index (κ3) is 4.58. The summed E-state index contributed by atoms with van der Waals surface area (Å²) >= 11 is 0. The van der Waals surface area contributed by atoms with Gasteiger partial charge in [0.1, 0.15) is 0 Å². The molecule has 120 valence electrons. The number of carbonyl (C=O) groups excluding carboxylic acids is 1. The average Bonchev–Trinajstić information content (AvgIpc) is 2.55. The molecule has 5 heteroatoms. The Morgan fingerprint density at radius 2 is 2.27 bits per heavy atom. The molecule has 0 spiro atoms. The van der Waals surface area contributed by atoms with Crippen molar-refractivity contribution in [3.8, 4) is 0 Å². The summed E-state index contributed by atoms with van der Waals surface area (Å²) in [6, 6.07) is 5.13. The van der Waals surface area contributed by atoms with Crippen molar-refractivity contribution in [2.24, 2.45) is 0 Å². The minimum atomic E-state index is -0.392. The van der Waals surface area contributed by atoms with Gasteiger partial charge in [-0.25, -0.2) is 4.79 Å². The molecule has 1 fully saturated rings. The summed E-state index contributed by atoms with van der Waals surface area (Å²) in [4.78, 5) is 11.4. The number of ether oxygens (including phenoxy) is 3. The number of nitrogen functional groups attached to an aromatic ring is 1. The molecule has 2 rings (SSSR count). The molecule has 1 aliphatic heterocycles. The normalized spacial score (nSPS) is 19.0. The highest BCUT2D eigenvalue weighted by Gasteiger charge is 2.14. The SMILES string of the molecule is COC(=O)c1ccc(/C=C(\C)COC2CCCCO2)c(N)c1. The number of anilines is 1. The first-order valence-electron chi connectivity index (χ1n) is 7.48. The lowest BCUT2D eigenvalue weighted by molar-refractivity contribution is -0.156. The fraction of sp³-hybridized carbons (Fsp3) is 0.471. The van der Waals surface area contributed by atoms with E-state index in [2.05, 4.69) is 4.74 Å². The molecule has 5 nitrogen and oxygen atoms in total. The summed E-state index contributed by atoms with van der Waals surface area (Å²) in [6.07, 6.45) is 5.06. The van der Waals surface area contributed by atoms with Crippen LogP contribution >= 0.6 is 0 Å². The molecule has 0 radical (unpaired) electrons. The molecule has 1 heterocycles. The van der Waals surface area contributed by atoms with E-state index in [0.29, 0.717) is 17.9 Å². The first kappa shape index (κ1) is 16.5. The Kier molecular flexibility index (Phi) is 5.98. The van der Waals surface area contributed by atoms with E-state index in [1.165, 1.54) is 7.11 Å². The summed E-state index contributed by atoms with van der Waals surface area (Å²) in [6.45, 7) is 3.26. The first-order chi connectivity index (χ1) is 10.6. The quantitative estimate of drug-likeness (QED) is 0.669. The number of hydrogen-bond donors (Lipinski definition) is 1. The highest BCUT2D eigenvalue weighted by molar-refractivity contribution is 5.91. The van der Waals surface area contributed by atoms with Gasteiger partial charge in [0.2, 0.25) is 0 Å². The molecule has 1 saturated heterocycles. The lowest BCUT2D eigenvalue weighted by Crippen LogP contribution is -2.22. The van der Waals surface area contributed by atoms with Crippen LogP contribution < -0.4 is 5.73 Å². The predicted octanol–water partition coefficient (Wildman–Crippen LogP) is 3.00. The summed E-state index contributed by atoms with van der Waals surface area (Å²) in [5.74, 6) is -0.392. The van der Waals surface area contributed by atoms with Crippen LogP contribution in [0.2, 0.25) is 0 Å². The van der Waals surface area contributed by atoms with Crippen LogP contribution in [0.3, 0.4) is 0 Å². The van der Waals surface area contributed by atoms with Crippen molar-refractivity contribution in [1.82, 2.24) is 0 Å². The van der Waals surface area contributed by atoms with E-state index in [4.69, 9.17) is 15.2 Å². The predicted molar refractivity (Wildman–Crippen MR) is 85.4 cm³/mol. The summed E-state index contributed by atoms with van der Waals surface area (Å²) in [5.41, 5.74) is 8.87. The molecule has 0 aliphatic carbocycles. The lowest BCUT2D eigenvalue weighted by atomic mass is 10.1. The summed E-state index contributed by atoms with van der Waals surface area (Å²) in [7, 11) is 1.35. The van der Waals surface area contributed by atoms with Gasteiger partial charge in [0.15, 0.2) is 6.29 Å². The third-order valence-corrected chi connectivity index (χ3v) is 3.54. The lowest BCUT2D eigenvalue weighted by Gasteiger charge is -2.22. The summed E-state index contributed by atoms with van der Waals surface area (Å²) < 4.78 is 15.9. The Morgan fingerprint density at radius 1 is 1.45 bits per heavy atom. The van der Waals surface area contributed by atoms with Gasteiger partial charge in [0.25, 0.3) is 0 Å². The fourth-order valence-corrected chi connectivity index (χ4v) is 2.33. The molecule has 0 saturated carbocycles. The minimum Gasteiger partial charge on any atom is -0.465 e. The van der Waals surface area contributed by atoms with Gasteiger partial charge in [-0.05, 0) is 49.5 Å². The van der Waals surface area contributed by atoms with Crippen molar-refractivity contribution < 1.29 is 19.0 Å². The molecule has 1 aliphatic rings. The molecule has 22 heavy (non-hydrogen) atoms. The molecule has 0 aromatic heterocycles. The maximum Gasteiger partial charge on any atom is 0.337 e. The van der Waals surface area contributed by atoms with Crippen molar-refractivity contribution in [2.75, 3.05) is 26.1 Å². The van der Waals surface area contributed by atoms with Crippen molar-refractivity contribution in [2.45, 2.75) is 32.5 Å². The Labute approximate surface area is 131 Å².